The van der Waals surface area contributed by atoms with E-state index in [1.807, 2.05) is 4.90 Å². The molecule has 3 spiro atoms. The van der Waals surface area contributed by atoms with E-state index in [4.69, 9.17) is 23.2 Å². The normalized spacial score (nSPS) is 26.9. The number of halogens is 4. The van der Waals surface area contributed by atoms with Crippen molar-refractivity contribution >= 4 is 79.9 Å². The summed E-state index contributed by atoms with van der Waals surface area (Å²) >= 11 is 12.4. The van der Waals surface area contributed by atoms with Gasteiger partial charge in [-0.1, -0.05) is 30.1 Å². The van der Waals surface area contributed by atoms with Crippen LogP contribution in [0.25, 0.3) is 0 Å². The first-order chi connectivity index (χ1) is 36.7. The predicted molar refractivity (Wildman–Crippen MR) is 282 cm³/mol. The van der Waals surface area contributed by atoms with Crippen molar-refractivity contribution in [2.45, 2.75) is 89.6 Å². The molecule has 6 amide bonds. The first kappa shape index (κ1) is 54.4. The van der Waals surface area contributed by atoms with E-state index in [0.29, 0.717) is 102 Å². The number of benzene rings is 2. The van der Waals surface area contributed by atoms with Crippen LogP contribution in [0.2, 0.25) is 10.0 Å². The predicted octanol–water partition coefficient (Wildman–Crippen LogP) is 5.88. The molecule has 0 radical (unpaired) electrons. The van der Waals surface area contributed by atoms with Crippen LogP contribution in [0.3, 0.4) is 0 Å². The van der Waals surface area contributed by atoms with E-state index < -0.39 is 44.1 Å². The van der Waals surface area contributed by atoms with Crippen LogP contribution in [0.4, 0.5) is 20.2 Å². The van der Waals surface area contributed by atoms with Crippen molar-refractivity contribution in [1.29, 1.82) is 0 Å². The summed E-state index contributed by atoms with van der Waals surface area (Å²) in [6.07, 6.45) is 9.94. The molecule has 77 heavy (non-hydrogen) atoms. The number of hydrogen-bond donors (Lipinski definition) is 4. The summed E-state index contributed by atoms with van der Waals surface area (Å²) in [5, 5.41) is 6.45. The third-order valence-corrected chi connectivity index (χ3v) is 19.6. The number of carbonyl (C=O) groups excluding carboxylic acids is 6. The zero-order valence-corrected chi connectivity index (χ0v) is 45.3. The third-order valence-electron chi connectivity index (χ3n) is 17.1. The Morgan fingerprint density at radius 1 is 0.662 bits per heavy atom. The summed E-state index contributed by atoms with van der Waals surface area (Å²) in [5.41, 5.74) is 0.536. The number of H-pyrrole nitrogens is 2. The van der Waals surface area contributed by atoms with Crippen LogP contribution in [-0.4, -0.2) is 161 Å². The Morgan fingerprint density at radius 3 is 1.58 bits per heavy atom. The van der Waals surface area contributed by atoms with Gasteiger partial charge in [0, 0.05) is 69.9 Å². The highest BCUT2D eigenvalue weighted by atomic mass is 35.5. The van der Waals surface area contributed by atoms with Gasteiger partial charge in [0.15, 0.2) is 21.2 Å². The molecule has 11 rings (SSSR count). The van der Waals surface area contributed by atoms with Crippen molar-refractivity contribution in [3.05, 3.63) is 93.5 Å². The Balaban J connectivity index is 0.000000175. The average Bonchev–Trinajstić information content (AvgIpc) is 4.26. The molecule has 7 fully saturated rings. The van der Waals surface area contributed by atoms with Gasteiger partial charge in [0.05, 0.1) is 56.4 Å². The number of hydrogen-bond acceptors (Lipinski definition) is 11. The molecule has 4 aromatic rings. The molecule has 2 aliphatic carbocycles. The lowest BCUT2D eigenvalue weighted by atomic mass is 9.71. The lowest BCUT2D eigenvalue weighted by molar-refractivity contribution is -0.128. The lowest BCUT2D eigenvalue weighted by Crippen LogP contribution is -2.55. The van der Waals surface area contributed by atoms with Crippen LogP contribution < -0.4 is 20.4 Å². The molecule has 19 nitrogen and oxygen atoms in total. The average molecular weight is 1120 g/mol. The lowest BCUT2D eigenvalue weighted by Gasteiger charge is -2.46. The van der Waals surface area contributed by atoms with Crippen LogP contribution in [0.1, 0.15) is 120 Å². The van der Waals surface area contributed by atoms with Crippen LogP contribution in [0.15, 0.2) is 49.1 Å². The number of nitrogens with zero attached hydrogens (tertiary/aromatic N) is 7. The van der Waals surface area contributed by atoms with Crippen molar-refractivity contribution in [3.63, 3.8) is 0 Å². The van der Waals surface area contributed by atoms with Gasteiger partial charge >= 0.3 is 0 Å². The highest BCUT2D eigenvalue weighted by Crippen LogP contribution is 2.49. The number of likely N-dealkylation sites (tertiary alicyclic amines) is 2. The third kappa shape index (κ3) is 11.0. The minimum Gasteiger partial charge on any atom is -0.348 e. The molecule has 4 N–H and O–H groups in total. The zero-order chi connectivity index (χ0) is 54.6. The first-order valence-electron chi connectivity index (χ1n) is 26.4. The number of nitrogens with one attached hydrogen (secondary N) is 4. The molecule has 7 aliphatic rings. The Labute approximate surface area is 455 Å². The highest BCUT2D eigenvalue weighted by Gasteiger charge is 2.52. The van der Waals surface area contributed by atoms with E-state index in [1.165, 1.54) is 47.9 Å². The molecule has 0 bridgehead atoms. The Bertz CT molecular complexity index is 3100. The fourth-order valence-corrected chi connectivity index (χ4v) is 15.2. The van der Waals surface area contributed by atoms with Gasteiger partial charge in [-0.05, 0) is 120 Å². The summed E-state index contributed by atoms with van der Waals surface area (Å²) in [7, 11) is -1.15. The minimum absolute atomic E-state index is 0.0123. The van der Waals surface area contributed by atoms with Crippen molar-refractivity contribution in [3.8, 4) is 0 Å². The molecule has 7 heterocycles. The highest BCUT2D eigenvalue weighted by molar-refractivity contribution is 7.91. The van der Waals surface area contributed by atoms with E-state index in [0.717, 1.165) is 19.5 Å². The summed E-state index contributed by atoms with van der Waals surface area (Å²) in [6.45, 7) is 6.49. The smallest absolute Gasteiger partial charge is 0.274 e. The first-order valence-corrected chi connectivity index (χ1v) is 28.9. The van der Waals surface area contributed by atoms with E-state index in [9.17, 15) is 46.0 Å². The molecule has 2 aromatic heterocycles. The number of amides is 6. The van der Waals surface area contributed by atoms with Gasteiger partial charge in [-0.15, -0.1) is 0 Å². The van der Waals surface area contributed by atoms with Gasteiger partial charge in [0.25, 0.3) is 23.6 Å². The number of aromatic nitrogens is 4. The SMILES string of the molecule is CC1CN(C(=O)c2nc[nH]c2C(=O)N[C@H]2CC[C@@]3(CCN(c4ccc(F)cc4Cl)C3=O)CC2)CCS(=O)(=O)C1.CN1CC2(CCN(C(=O)c3nc[nH]c3C(=O)N[C@H]3CC[C@@]4(CCN(c5ccc(F)cc5Cl)C4=O)CC3)C2)C1. The number of rotatable bonds is 8. The van der Waals surface area contributed by atoms with Crippen LogP contribution in [0, 0.1) is 33.8 Å². The van der Waals surface area contributed by atoms with Gasteiger partial charge in [0.2, 0.25) is 11.8 Å². The van der Waals surface area contributed by atoms with E-state index >= 15 is 0 Å². The Hall–Kier alpha value is -5.97. The minimum atomic E-state index is -3.24. The maximum atomic E-state index is 13.5. The molecule has 5 saturated heterocycles. The molecule has 5 aliphatic heterocycles. The second-order valence-electron chi connectivity index (χ2n) is 22.5. The molecular formula is C53H63Cl2F2N11O8S. The topological polar surface area (TPSA) is 234 Å². The summed E-state index contributed by atoms with van der Waals surface area (Å²) in [4.78, 5) is 102. The van der Waals surface area contributed by atoms with Crippen LogP contribution >= 0.6 is 23.2 Å². The number of carbonyl (C=O) groups is 6. The molecule has 412 valence electrons. The fraction of sp³-hybridized carbons (Fsp3) is 0.547. The standard InChI is InChI=1S/C27H32ClFN6O3.C26H31ClFN5O5S/c1-33-13-26(14-33)8-10-34(15-26)24(37)22-21(30-16-31-22)23(36)32-18-4-6-27(7-5-18)9-11-35(25(27)38)20-3-2-17(29)12-19(20)28;1-16-13-32(10-11-39(37,38)14-16)24(35)22-21(29-15-30-22)23(34)31-18-4-6-26(7-5-18)8-9-33(25(26)36)20-3-2-17(28)12-19(20)27/h2-3,12,16,18H,4-11,13-15H2,1H3,(H,30,31)(H,32,36);2-3,12,15-16,18H,4-11,13-14H2,1H3,(H,29,30)(H,31,34)/t18-,27-;16?,18-,26-. The van der Waals surface area contributed by atoms with Gasteiger partial charge in [-0.25, -0.2) is 27.2 Å². The van der Waals surface area contributed by atoms with Crippen molar-refractivity contribution in [2.24, 2.45) is 22.2 Å². The van der Waals surface area contributed by atoms with Crippen molar-refractivity contribution in [1.82, 2.24) is 45.3 Å². The molecule has 1 atom stereocenters. The summed E-state index contributed by atoms with van der Waals surface area (Å²) in [5.74, 6) is -2.74. The number of aromatic amines is 2. The second kappa shape index (κ2) is 21.3. The number of sulfone groups is 1. The van der Waals surface area contributed by atoms with Gasteiger partial charge in [-0.2, -0.15) is 0 Å². The van der Waals surface area contributed by atoms with Gasteiger partial charge in [0.1, 0.15) is 23.0 Å². The molecule has 2 aromatic carbocycles. The van der Waals surface area contributed by atoms with Gasteiger partial charge in [-0.3, -0.25) is 28.8 Å². The van der Waals surface area contributed by atoms with Crippen molar-refractivity contribution in [2.75, 3.05) is 80.7 Å². The fourth-order valence-electron chi connectivity index (χ4n) is 13.1. The number of imidazole rings is 2. The van der Waals surface area contributed by atoms with Gasteiger partial charge < -0.3 is 45.1 Å². The maximum absolute atomic E-state index is 13.5. The zero-order valence-electron chi connectivity index (χ0n) is 43.0. The maximum Gasteiger partial charge on any atom is 0.274 e. The van der Waals surface area contributed by atoms with E-state index in [1.54, 1.807) is 22.8 Å². The second-order valence-corrected chi connectivity index (χ2v) is 25.6. The molecule has 1 unspecified atom stereocenters. The molecule has 2 saturated carbocycles. The quantitative estimate of drug-likeness (QED) is 0.163. The Kier molecular flexibility index (Phi) is 15.1. The molecule has 24 heteroatoms. The monoisotopic (exact) mass is 1120 g/mol. The van der Waals surface area contributed by atoms with E-state index in [-0.39, 0.29) is 104 Å². The number of anilines is 2. The molecular weight excluding hydrogens is 1060 g/mol. The van der Waals surface area contributed by atoms with Crippen LogP contribution in [-0.2, 0) is 19.4 Å². The largest absolute Gasteiger partial charge is 0.348 e. The summed E-state index contributed by atoms with van der Waals surface area (Å²) < 4.78 is 51.2. The Morgan fingerprint density at radius 2 is 1.13 bits per heavy atom. The van der Waals surface area contributed by atoms with Crippen LogP contribution in [0.5, 0.6) is 0 Å². The van der Waals surface area contributed by atoms with E-state index in [2.05, 4.69) is 42.5 Å². The van der Waals surface area contributed by atoms with Crippen molar-refractivity contribution < 1.29 is 46.0 Å². The summed E-state index contributed by atoms with van der Waals surface area (Å²) in [6, 6.07) is 7.81.